The van der Waals surface area contributed by atoms with Crippen LogP contribution in [0.5, 0.6) is 0 Å². The van der Waals surface area contributed by atoms with Crippen LogP contribution < -0.4 is 18.9 Å². The van der Waals surface area contributed by atoms with Crippen molar-refractivity contribution in [3.8, 4) is 0 Å². The zero-order valence-electron chi connectivity index (χ0n) is 27.7. The molecule has 4 rings (SSSR count). The second-order valence-electron chi connectivity index (χ2n) is 12.2. The van der Waals surface area contributed by atoms with Gasteiger partial charge < -0.3 is 9.80 Å². The minimum Gasteiger partial charge on any atom is -0.375 e. The van der Waals surface area contributed by atoms with Crippen LogP contribution in [0.4, 0.5) is 11.4 Å². The Morgan fingerprint density at radius 1 is 0.614 bits per heavy atom. The molecule has 0 fully saturated rings. The summed E-state index contributed by atoms with van der Waals surface area (Å²) < 4.78 is 2.61. The van der Waals surface area contributed by atoms with Gasteiger partial charge in [0.15, 0.2) is 0 Å². The van der Waals surface area contributed by atoms with Crippen molar-refractivity contribution in [3.63, 3.8) is 0 Å². The minimum absolute atomic E-state index is 1.12. The van der Waals surface area contributed by atoms with Crippen molar-refractivity contribution < 1.29 is 0 Å². The van der Waals surface area contributed by atoms with Crippen LogP contribution in [-0.2, 0) is 0 Å². The zero-order valence-corrected chi connectivity index (χ0v) is 29.3. The molecule has 2 heterocycles. The molecule has 0 amide bonds. The Morgan fingerprint density at radius 2 is 1.16 bits per heavy atom. The predicted molar refractivity (Wildman–Crippen MR) is 199 cm³/mol. The SMILES string of the molecule is CCCCCCCCN(C)c1ccc(/C=c2/cc/c(=C(\c3ccc(N(C)CCCCCCCC)cc3)c3cccs3)s2)cc1. The first-order valence-electron chi connectivity index (χ1n) is 17.1. The highest BCUT2D eigenvalue weighted by Gasteiger charge is 2.10. The summed E-state index contributed by atoms with van der Waals surface area (Å²) in [4.78, 5) is 6.13. The van der Waals surface area contributed by atoms with Crippen molar-refractivity contribution >= 4 is 45.7 Å². The van der Waals surface area contributed by atoms with Gasteiger partial charge in [0.05, 0.1) is 0 Å². The van der Waals surface area contributed by atoms with Crippen molar-refractivity contribution in [2.45, 2.75) is 90.9 Å². The van der Waals surface area contributed by atoms with Gasteiger partial charge in [0.25, 0.3) is 0 Å². The van der Waals surface area contributed by atoms with Crippen LogP contribution in [0.15, 0.2) is 78.2 Å². The molecule has 0 aliphatic rings. The third kappa shape index (κ3) is 10.7. The lowest BCUT2D eigenvalue weighted by Crippen LogP contribution is -2.18. The van der Waals surface area contributed by atoms with Gasteiger partial charge >= 0.3 is 0 Å². The van der Waals surface area contributed by atoms with Crippen LogP contribution in [-0.4, -0.2) is 27.2 Å². The molecule has 0 aliphatic carbocycles. The quantitative estimate of drug-likeness (QED) is 0.0956. The summed E-state index contributed by atoms with van der Waals surface area (Å²) >= 11 is 3.70. The monoisotopic (exact) mass is 626 g/mol. The first-order chi connectivity index (χ1) is 21.6. The summed E-state index contributed by atoms with van der Waals surface area (Å²) in [5.74, 6) is 0. The topological polar surface area (TPSA) is 6.48 Å². The molecule has 0 radical (unpaired) electrons. The lowest BCUT2D eigenvalue weighted by atomic mass is 10.0. The Bertz CT molecular complexity index is 1450. The Balaban J connectivity index is 1.44. The Kier molecular flexibility index (Phi) is 14.6. The maximum Gasteiger partial charge on any atom is 0.0369 e. The Hall–Kier alpha value is -2.82. The fourth-order valence-corrected chi connectivity index (χ4v) is 7.70. The summed E-state index contributed by atoms with van der Waals surface area (Å²) in [5, 5.41) is 2.18. The fourth-order valence-electron chi connectivity index (χ4n) is 5.78. The molecule has 236 valence electrons. The number of nitrogens with zero attached hydrogens (tertiary/aromatic N) is 2. The predicted octanol–water partition coefficient (Wildman–Crippen LogP) is 10.5. The molecule has 2 nitrogen and oxygen atoms in total. The van der Waals surface area contributed by atoms with Crippen molar-refractivity contribution in [1.29, 1.82) is 0 Å². The van der Waals surface area contributed by atoms with Crippen LogP contribution in [0.3, 0.4) is 0 Å². The number of thiophene rings is 2. The van der Waals surface area contributed by atoms with E-state index in [9.17, 15) is 0 Å². The van der Waals surface area contributed by atoms with Crippen LogP contribution in [0.2, 0.25) is 0 Å². The molecule has 4 aromatic rings. The van der Waals surface area contributed by atoms with Crippen molar-refractivity contribution in [1.82, 2.24) is 0 Å². The molecular weight excluding hydrogens is 573 g/mol. The second-order valence-corrected chi connectivity index (χ2v) is 14.3. The van der Waals surface area contributed by atoms with Crippen LogP contribution in [0, 0.1) is 0 Å². The molecule has 44 heavy (non-hydrogen) atoms. The number of hydrogen-bond donors (Lipinski definition) is 0. The number of benzene rings is 2. The van der Waals surface area contributed by atoms with E-state index < -0.39 is 0 Å². The van der Waals surface area contributed by atoms with Gasteiger partial charge in [-0.15, -0.1) is 22.7 Å². The van der Waals surface area contributed by atoms with Crippen molar-refractivity contribution in [2.24, 2.45) is 0 Å². The zero-order chi connectivity index (χ0) is 31.0. The second kappa shape index (κ2) is 18.9. The molecule has 0 unspecified atom stereocenters. The van der Waals surface area contributed by atoms with E-state index in [4.69, 9.17) is 0 Å². The molecule has 0 atom stereocenters. The van der Waals surface area contributed by atoms with Crippen molar-refractivity contribution in [2.75, 3.05) is 37.0 Å². The van der Waals surface area contributed by atoms with E-state index >= 15 is 0 Å². The highest BCUT2D eigenvalue weighted by molar-refractivity contribution is 7.12. The summed E-state index contributed by atoms with van der Waals surface area (Å²) in [7, 11) is 4.45. The molecule has 0 saturated heterocycles. The maximum atomic E-state index is 2.41. The Morgan fingerprint density at radius 3 is 1.70 bits per heavy atom. The van der Waals surface area contributed by atoms with Gasteiger partial charge in [-0.05, 0) is 77.9 Å². The van der Waals surface area contributed by atoms with Crippen molar-refractivity contribution in [3.05, 3.63) is 103 Å². The first-order valence-corrected chi connectivity index (χ1v) is 18.8. The number of rotatable bonds is 19. The average Bonchev–Trinajstić information content (AvgIpc) is 3.74. The molecule has 0 spiro atoms. The summed E-state index contributed by atoms with van der Waals surface area (Å²) in [6, 6.07) is 27.3. The summed E-state index contributed by atoms with van der Waals surface area (Å²) in [6.07, 6.45) is 18.4. The normalized spacial score (nSPS) is 12.5. The largest absolute Gasteiger partial charge is 0.375 e. The summed E-state index contributed by atoms with van der Waals surface area (Å²) in [6.45, 7) is 6.81. The van der Waals surface area contributed by atoms with Gasteiger partial charge in [0.2, 0.25) is 0 Å². The average molecular weight is 627 g/mol. The van der Waals surface area contributed by atoms with Gasteiger partial charge in [-0.3, -0.25) is 0 Å². The standard InChI is InChI=1S/C40H54N2S2/c1-5-7-9-11-13-15-29-41(3)35-23-19-33(20-24-35)32-37-27-28-39(44-37)40(38-18-17-31-43-38)34-21-25-36(26-22-34)42(4)30-16-14-12-10-8-6-2/h17-28,31-32H,5-16,29-30H2,1-4H3/b37-32-,40-39-. The van der Waals surface area contributed by atoms with E-state index in [-0.39, 0.29) is 0 Å². The van der Waals surface area contributed by atoms with E-state index in [0.29, 0.717) is 0 Å². The molecule has 0 saturated carbocycles. The number of hydrogen-bond acceptors (Lipinski definition) is 4. The molecule has 2 aromatic carbocycles. The Labute approximate surface area is 275 Å². The van der Waals surface area contributed by atoms with Gasteiger partial charge in [0, 0.05) is 58.1 Å². The van der Waals surface area contributed by atoms with E-state index in [1.54, 1.807) is 0 Å². The van der Waals surface area contributed by atoms with E-state index in [0.717, 1.165) is 13.1 Å². The van der Waals surface area contributed by atoms with E-state index in [2.05, 4.69) is 122 Å². The van der Waals surface area contributed by atoms with E-state index in [1.165, 1.54) is 119 Å². The van der Waals surface area contributed by atoms with Crippen LogP contribution >= 0.6 is 22.7 Å². The lowest BCUT2D eigenvalue weighted by Gasteiger charge is -2.20. The molecule has 0 bridgehead atoms. The smallest absolute Gasteiger partial charge is 0.0369 e. The third-order valence-electron chi connectivity index (χ3n) is 8.57. The van der Waals surface area contributed by atoms with Gasteiger partial charge in [0.1, 0.15) is 0 Å². The summed E-state index contributed by atoms with van der Waals surface area (Å²) in [5.41, 5.74) is 6.48. The molecular formula is C40H54N2S2. The van der Waals surface area contributed by atoms with Crippen LogP contribution in [0.1, 0.15) is 107 Å². The molecule has 0 aliphatic heterocycles. The number of anilines is 2. The van der Waals surface area contributed by atoms with E-state index in [1.807, 2.05) is 22.7 Å². The first kappa shape index (κ1) is 34.1. The van der Waals surface area contributed by atoms with Gasteiger partial charge in [-0.25, -0.2) is 0 Å². The molecule has 4 heteroatoms. The maximum absolute atomic E-state index is 2.41. The van der Waals surface area contributed by atoms with Gasteiger partial charge in [-0.2, -0.15) is 0 Å². The number of unbranched alkanes of at least 4 members (excludes halogenated alkanes) is 10. The lowest BCUT2D eigenvalue weighted by molar-refractivity contribution is 0.606. The third-order valence-corrected chi connectivity index (χ3v) is 10.5. The molecule has 2 aromatic heterocycles. The highest BCUT2D eigenvalue weighted by atomic mass is 32.1. The fraction of sp³-hybridized carbons (Fsp3) is 0.450. The van der Waals surface area contributed by atoms with Crippen LogP contribution in [0.25, 0.3) is 11.6 Å². The highest BCUT2D eigenvalue weighted by Crippen LogP contribution is 2.27. The molecule has 0 N–H and O–H groups in total. The minimum atomic E-state index is 1.12. The van der Waals surface area contributed by atoms with Gasteiger partial charge in [-0.1, -0.05) is 108 Å².